The average Bonchev–Trinajstić information content (AvgIpc) is 2.91. The summed E-state index contributed by atoms with van der Waals surface area (Å²) in [4.78, 5) is 47.5. The van der Waals surface area contributed by atoms with Crippen LogP contribution in [0.2, 0.25) is 0 Å². The molecule has 0 spiro atoms. The summed E-state index contributed by atoms with van der Waals surface area (Å²) in [5.41, 5.74) is 1.19. The lowest BCUT2D eigenvalue weighted by atomic mass is 10.2. The highest BCUT2D eigenvalue weighted by Gasteiger charge is 2.35. The van der Waals surface area contributed by atoms with Gasteiger partial charge < -0.3 is 4.74 Å². The first-order chi connectivity index (χ1) is 13.7. The van der Waals surface area contributed by atoms with Gasteiger partial charge in [-0.3, -0.25) is 29.4 Å². The fourth-order valence-corrected chi connectivity index (χ4v) is 3.85. The lowest BCUT2D eigenvalue weighted by molar-refractivity contribution is -0.384. The molecule has 0 aromatic heterocycles. The number of imide groups is 1. The highest BCUT2D eigenvalue weighted by molar-refractivity contribution is 9.10. The summed E-state index contributed by atoms with van der Waals surface area (Å²) in [6.45, 7) is 1.32. The van der Waals surface area contributed by atoms with Gasteiger partial charge in [0.15, 0.2) is 0 Å². The van der Waals surface area contributed by atoms with Crippen LogP contribution >= 0.6 is 27.7 Å². The average molecular weight is 477 g/mol. The van der Waals surface area contributed by atoms with Crippen molar-refractivity contribution in [3.63, 3.8) is 0 Å². The quantitative estimate of drug-likeness (QED) is 0.205. The van der Waals surface area contributed by atoms with Gasteiger partial charge in [-0.05, 0) is 57.0 Å². The summed E-state index contributed by atoms with van der Waals surface area (Å²) in [7, 11) is 0. The number of carbonyl (C=O) groups excluding carboxylic acids is 3. The molecule has 10 heteroatoms. The molecule has 8 nitrogen and oxygen atoms in total. The van der Waals surface area contributed by atoms with Crippen molar-refractivity contribution in [3.05, 3.63) is 73.1 Å². The normalized spacial score (nSPS) is 15.1. The molecule has 2 aromatic rings. The maximum atomic E-state index is 12.6. The van der Waals surface area contributed by atoms with Gasteiger partial charge in [0.2, 0.25) is 0 Å². The molecular weight excluding hydrogens is 464 g/mol. The Morgan fingerprint density at radius 3 is 2.52 bits per heavy atom. The predicted molar refractivity (Wildman–Crippen MR) is 110 cm³/mol. The van der Waals surface area contributed by atoms with Crippen LogP contribution in [0.15, 0.2) is 51.8 Å². The second-order valence-electron chi connectivity index (χ2n) is 5.97. The Kier molecular flexibility index (Phi) is 6.14. The lowest BCUT2D eigenvalue weighted by Gasteiger charge is -2.12. The molecule has 1 fully saturated rings. The van der Waals surface area contributed by atoms with Crippen LogP contribution in [-0.2, 0) is 16.1 Å². The molecule has 148 valence electrons. The van der Waals surface area contributed by atoms with Crippen LogP contribution in [0.1, 0.15) is 18.1 Å². The largest absolute Gasteiger partial charge is 0.426 e. The zero-order valence-corrected chi connectivity index (χ0v) is 17.4. The van der Waals surface area contributed by atoms with E-state index in [2.05, 4.69) is 15.9 Å². The molecule has 2 amide bonds. The van der Waals surface area contributed by atoms with Crippen LogP contribution < -0.4 is 4.74 Å². The van der Waals surface area contributed by atoms with E-state index in [1.54, 1.807) is 24.3 Å². The first kappa shape index (κ1) is 20.7. The summed E-state index contributed by atoms with van der Waals surface area (Å²) in [6, 6.07) is 10.6. The number of halogens is 1. The van der Waals surface area contributed by atoms with E-state index >= 15 is 0 Å². The second-order valence-corrected chi connectivity index (χ2v) is 7.82. The van der Waals surface area contributed by atoms with Crippen molar-refractivity contribution in [2.45, 2.75) is 13.5 Å². The van der Waals surface area contributed by atoms with Gasteiger partial charge in [0.05, 0.1) is 20.8 Å². The topological polar surface area (TPSA) is 107 Å². The summed E-state index contributed by atoms with van der Waals surface area (Å²) >= 11 is 4.11. The standard InChI is InChI=1S/C19H13BrN2O6S/c1-11(23)28-16-7-4-13(8-15(16)20)9-17-18(24)21(19(25)29-17)10-12-2-5-14(6-3-12)22(26)27/h2-9H,10H2,1H3. The third-order valence-corrected chi connectivity index (χ3v) is 5.40. The number of hydrogen-bond acceptors (Lipinski definition) is 7. The van der Waals surface area contributed by atoms with Crippen LogP contribution in [-0.4, -0.2) is 26.9 Å². The van der Waals surface area contributed by atoms with E-state index in [1.807, 2.05) is 0 Å². The van der Waals surface area contributed by atoms with Gasteiger partial charge in [-0.2, -0.15) is 0 Å². The van der Waals surface area contributed by atoms with E-state index in [4.69, 9.17) is 4.74 Å². The molecule has 2 aromatic carbocycles. The molecule has 1 aliphatic heterocycles. The first-order valence-corrected chi connectivity index (χ1v) is 9.82. The highest BCUT2D eigenvalue weighted by atomic mass is 79.9. The minimum atomic E-state index is -0.516. The summed E-state index contributed by atoms with van der Waals surface area (Å²) in [6.07, 6.45) is 1.57. The highest BCUT2D eigenvalue weighted by Crippen LogP contribution is 2.34. The van der Waals surface area contributed by atoms with Crippen molar-refractivity contribution in [2.75, 3.05) is 0 Å². The smallest absolute Gasteiger partial charge is 0.308 e. The van der Waals surface area contributed by atoms with Crippen molar-refractivity contribution >= 4 is 56.6 Å². The van der Waals surface area contributed by atoms with Crippen molar-refractivity contribution < 1.29 is 24.0 Å². The minimum Gasteiger partial charge on any atom is -0.426 e. The molecule has 29 heavy (non-hydrogen) atoms. The van der Waals surface area contributed by atoms with Gasteiger partial charge in [0, 0.05) is 19.1 Å². The lowest BCUT2D eigenvalue weighted by Crippen LogP contribution is -2.27. The zero-order chi connectivity index (χ0) is 21.1. The van der Waals surface area contributed by atoms with Crippen molar-refractivity contribution in [2.24, 2.45) is 0 Å². The molecular formula is C19H13BrN2O6S. The number of ether oxygens (including phenoxy) is 1. The number of hydrogen-bond donors (Lipinski definition) is 0. The van der Waals surface area contributed by atoms with Crippen LogP contribution in [0.4, 0.5) is 10.5 Å². The molecule has 0 radical (unpaired) electrons. The molecule has 0 atom stereocenters. The van der Waals surface area contributed by atoms with Crippen molar-refractivity contribution in [3.8, 4) is 5.75 Å². The molecule has 0 saturated carbocycles. The number of carbonyl (C=O) groups is 3. The van der Waals surface area contributed by atoms with Gasteiger partial charge in [-0.1, -0.05) is 18.2 Å². The SMILES string of the molecule is CC(=O)Oc1ccc(C=C2SC(=O)N(Cc3ccc([N+](=O)[O-])cc3)C2=O)cc1Br. The summed E-state index contributed by atoms with van der Waals surface area (Å²) in [5, 5.41) is 10.3. The number of benzene rings is 2. The van der Waals surface area contributed by atoms with E-state index < -0.39 is 22.0 Å². The Bertz CT molecular complexity index is 1050. The van der Waals surface area contributed by atoms with Crippen molar-refractivity contribution in [1.29, 1.82) is 0 Å². The Hall–Kier alpha value is -2.98. The minimum absolute atomic E-state index is 0.0229. The number of thioether (sulfide) groups is 1. The maximum Gasteiger partial charge on any atom is 0.308 e. The Balaban J connectivity index is 1.76. The molecule has 1 aliphatic rings. The third kappa shape index (κ3) is 4.90. The van der Waals surface area contributed by atoms with E-state index in [0.717, 1.165) is 16.7 Å². The second kappa shape index (κ2) is 8.58. The number of nitrogens with zero attached hydrogens (tertiary/aromatic N) is 2. The molecule has 1 heterocycles. The van der Waals surface area contributed by atoms with Crippen LogP contribution in [0.5, 0.6) is 5.75 Å². The number of esters is 1. The van der Waals surface area contributed by atoms with E-state index in [-0.39, 0.29) is 17.1 Å². The van der Waals surface area contributed by atoms with E-state index in [1.165, 1.54) is 31.2 Å². The number of non-ortho nitro benzene ring substituents is 1. The van der Waals surface area contributed by atoms with Crippen LogP contribution in [0, 0.1) is 10.1 Å². The number of nitro groups is 1. The van der Waals surface area contributed by atoms with Crippen LogP contribution in [0.3, 0.4) is 0 Å². The molecule has 0 aliphatic carbocycles. The molecule has 0 N–H and O–H groups in total. The van der Waals surface area contributed by atoms with Crippen molar-refractivity contribution in [1.82, 2.24) is 4.90 Å². The van der Waals surface area contributed by atoms with Crippen LogP contribution in [0.25, 0.3) is 6.08 Å². The van der Waals surface area contributed by atoms with Gasteiger partial charge in [0.25, 0.3) is 16.8 Å². The number of nitro benzene ring substituents is 1. The number of amides is 2. The predicted octanol–water partition coefficient (Wildman–Crippen LogP) is 4.52. The Morgan fingerprint density at radius 2 is 1.93 bits per heavy atom. The molecule has 0 bridgehead atoms. The number of rotatable bonds is 5. The fourth-order valence-electron chi connectivity index (χ4n) is 2.54. The Labute approximate surface area is 177 Å². The summed E-state index contributed by atoms with van der Waals surface area (Å²) in [5.74, 6) is -0.551. The van der Waals surface area contributed by atoms with Gasteiger partial charge in [-0.25, -0.2) is 0 Å². The maximum absolute atomic E-state index is 12.6. The summed E-state index contributed by atoms with van der Waals surface area (Å²) < 4.78 is 5.57. The molecule has 1 saturated heterocycles. The zero-order valence-electron chi connectivity index (χ0n) is 15.0. The molecule has 3 rings (SSSR count). The van der Waals surface area contributed by atoms with Gasteiger partial charge in [-0.15, -0.1) is 0 Å². The Morgan fingerprint density at radius 1 is 1.24 bits per heavy atom. The van der Waals surface area contributed by atoms with E-state index in [9.17, 15) is 24.5 Å². The van der Waals surface area contributed by atoms with E-state index in [0.29, 0.717) is 21.3 Å². The van der Waals surface area contributed by atoms with Gasteiger partial charge in [0.1, 0.15) is 5.75 Å². The third-order valence-electron chi connectivity index (χ3n) is 3.87. The molecule has 0 unspecified atom stereocenters. The monoisotopic (exact) mass is 476 g/mol. The first-order valence-electron chi connectivity index (χ1n) is 8.21. The fraction of sp³-hybridized carbons (Fsp3) is 0.105. The van der Waals surface area contributed by atoms with Gasteiger partial charge >= 0.3 is 5.97 Å².